The molecule has 32 heavy (non-hydrogen) atoms. The van der Waals surface area contributed by atoms with Gasteiger partial charge in [0, 0.05) is 51.8 Å². The van der Waals surface area contributed by atoms with Gasteiger partial charge in [0.05, 0.1) is 16.5 Å². The molecule has 0 spiro atoms. The summed E-state index contributed by atoms with van der Waals surface area (Å²) in [6.45, 7) is 1.73. The van der Waals surface area contributed by atoms with Crippen molar-refractivity contribution in [2.24, 2.45) is 5.92 Å². The van der Waals surface area contributed by atoms with Crippen molar-refractivity contribution in [1.82, 2.24) is 9.97 Å². The van der Waals surface area contributed by atoms with Crippen molar-refractivity contribution in [1.29, 1.82) is 0 Å². The summed E-state index contributed by atoms with van der Waals surface area (Å²) in [4.78, 5) is 10.6. The van der Waals surface area contributed by atoms with E-state index in [-0.39, 0.29) is 0 Å². The minimum atomic E-state index is -0.850. The van der Waals surface area contributed by atoms with Gasteiger partial charge in [-0.2, -0.15) is 11.8 Å². The molecule has 1 aromatic carbocycles. The summed E-state index contributed by atoms with van der Waals surface area (Å²) in [6, 6.07) is 13.0. The number of aromatic amines is 1. The molecule has 1 saturated carbocycles. The number of hydrogen-bond acceptors (Lipinski definition) is 5. The molecular weight excluding hydrogens is 456 g/mol. The molecule has 3 aromatic rings. The summed E-state index contributed by atoms with van der Waals surface area (Å²) in [7, 11) is -0.850. The first-order valence-electron chi connectivity index (χ1n) is 11.4. The van der Waals surface area contributed by atoms with Crippen LogP contribution in [0.5, 0.6) is 0 Å². The fourth-order valence-electron chi connectivity index (χ4n) is 4.45. The molecule has 4 nitrogen and oxygen atoms in total. The zero-order valence-electron chi connectivity index (χ0n) is 18.4. The Morgan fingerprint density at radius 2 is 1.94 bits per heavy atom. The monoisotopic (exact) mass is 486 g/mol. The third kappa shape index (κ3) is 5.22. The van der Waals surface area contributed by atoms with E-state index in [0.717, 1.165) is 66.7 Å². The third-order valence-corrected chi connectivity index (χ3v) is 10.0. The van der Waals surface area contributed by atoms with Crippen LogP contribution in [0.1, 0.15) is 54.2 Å². The Labute approximate surface area is 201 Å². The van der Waals surface area contributed by atoms with Gasteiger partial charge < -0.3 is 9.72 Å². The summed E-state index contributed by atoms with van der Waals surface area (Å²) >= 11 is 3.59. The number of hydrogen-bond donors (Lipinski definition) is 1. The second-order valence-electron chi connectivity index (χ2n) is 8.80. The first-order chi connectivity index (χ1) is 15.7. The maximum absolute atomic E-state index is 12.6. The summed E-state index contributed by atoms with van der Waals surface area (Å²) < 4.78 is 18.2. The molecule has 2 aliphatic rings. The fraction of sp³-hybridized carbons (Fsp3) is 0.480. The molecule has 3 heterocycles. The summed E-state index contributed by atoms with van der Waals surface area (Å²) in [6.07, 6.45) is 9.66. The van der Waals surface area contributed by atoms with E-state index in [1.165, 1.54) is 16.1 Å². The summed E-state index contributed by atoms with van der Waals surface area (Å²) in [5, 5.41) is 1.43. The third-order valence-electron chi connectivity index (χ3n) is 6.41. The Kier molecular flexibility index (Phi) is 7.17. The molecule has 2 fully saturated rings. The second-order valence-corrected chi connectivity index (χ2v) is 12.5. The first kappa shape index (κ1) is 22.4. The van der Waals surface area contributed by atoms with Crippen LogP contribution in [0.25, 0.3) is 10.7 Å². The van der Waals surface area contributed by atoms with Crippen LogP contribution in [0, 0.1) is 5.92 Å². The van der Waals surface area contributed by atoms with E-state index >= 15 is 0 Å². The van der Waals surface area contributed by atoms with E-state index in [0.29, 0.717) is 17.1 Å². The van der Waals surface area contributed by atoms with Crippen molar-refractivity contribution in [3.05, 3.63) is 58.7 Å². The van der Waals surface area contributed by atoms with E-state index in [9.17, 15) is 4.21 Å². The van der Waals surface area contributed by atoms with Crippen LogP contribution < -0.4 is 0 Å². The predicted octanol–water partition coefficient (Wildman–Crippen LogP) is 6.22. The first-order valence-corrected chi connectivity index (χ1v) is 14.8. The quantitative estimate of drug-likeness (QED) is 0.390. The molecule has 1 N–H and O–H groups in total. The lowest BCUT2D eigenvalue weighted by Crippen LogP contribution is -2.18. The Morgan fingerprint density at radius 3 is 2.66 bits per heavy atom. The van der Waals surface area contributed by atoms with Crippen LogP contribution in [0.15, 0.2) is 47.5 Å². The normalized spacial score (nSPS) is 19.2. The molecule has 7 heteroatoms. The number of nitrogens with one attached hydrogen (secondary N) is 1. The van der Waals surface area contributed by atoms with Crippen molar-refractivity contribution in [2.75, 3.05) is 19.5 Å². The molecule has 0 bridgehead atoms. The zero-order chi connectivity index (χ0) is 21.9. The van der Waals surface area contributed by atoms with Crippen LogP contribution in [0.4, 0.5) is 0 Å². The average molecular weight is 487 g/mol. The number of thioether (sulfide) groups is 1. The van der Waals surface area contributed by atoms with Crippen LogP contribution in [0.2, 0.25) is 0 Å². The van der Waals surface area contributed by atoms with E-state index in [1.54, 1.807) is 11.3 Å². The maximum Gasteiger partial charge on any atom is 0.139 e. The summed E-state index contributed by atoms with van der Waals surface area (Å²) in [5.74, 6) is 1.96. The van der Waals surface area contributed by atoms with E-state index < -0.39 is 10.8 Å². The molecule has 1 saturated heterocycles. The molecule has 5 rings (SSSR count). The van der Waals surface area contributed by atoms with Gasteiger partial charge in [-0.1, -0.05) is 12.1 Å². The molecule has 2 aromatic heterocycles. The van der Waals surface area contributed by atoms with Gasteiger partial charge in [0.15, 0.2) is 0 Å². The molecule has 2 atom stereocenters. The SMILES string of the molecule is CSCc1cnc(-c2ccc(C(CC3CCOCC3)c3ccc(S(=O)C4CC4)cc3)[nH]2)s1. The van der Waals surface area contributed by atoms with Gasteiger partial charge in [0.1, 0.15) is 5.01 Å². The van der Waals surface area contributed by atoms with Gasteiger partial charge in [0.2, 0.25) is 0 Å². The van der Waals surface area contributed by atoms with Crippen LogP contribution >= 0.6 is 23.1 Å². The minimum Gasteiger partial charge on any atom is -0.381 e. The highest BCUT2D eigenvalue weighted by Crippen LogP contribution is 2.37. The van der Waals surface area contributed by atoms with Crippen molar-refractivity contribution < 1.29 is 8.95 Å². The van der Waals surface area contributed by atoms with Gasteiger partial charge in [-0.3, -0.25) is 4.21 Å². The van der Waals surface area contributed by atoms with Crippen molar-refractivity contribution in [3.63, 3.8) is 0 Å². The van der Waals surface area contributed by atoms with Gasteiger partial charge in [-0.15, -0.1) is 11.3 Å². The van der Waals surface area contributed by atoms with Crippen LogP contribution in [0.3, 0.4) is 0 Å². The van der Waals surface area contributed by atoms with E-state index in [4.69, 9.17) is 4.74 Å². The number of H-pyrrole nitrogens is 1. The van der Waals surface area contributed by atoms with Gasteiger partial charge in [-0.25, -0.2) is 4.98 Å². The van der Waals surface area contributed by atoms with Crippen molar-refractivity contribution in [2.45, 2.75) is 53.9 Å². The Balaban J connectivity index is 1.40. The van der Waals surface area contributed by atoms with Gasteiger partial charge in [-0.05, 0) is 74.1 Å². The highest BCUT2D eigenvalue weighted by atomic mass is 32.2. The smallest absolute Gasteiger partial charge is 0.139 e. The van der Waals surface area contributed by atoms with E-state index in [1.807, 2.05) is 18.0 Å². The van der Waals surface area contributed by atoms with Gasteiger partial charge in [0.25, 0.3) is 0 Å². The Bertz CT molecular complexity index is 1050. The lowest BCUT2D eigenvalue weighted by Gasteiger charge is -2.27. The molecule has 2 unspecified atom stereocenters. The van der Waals surface area contributed by atoms with Crippen molar-refractivity contribution >= 4 is 33.9 Å². The standard InChI is InChI=1S/C25H30N2O2S3/c1-30-16-19-15-26-25(31-19)24-9-8-23(27-24)22(14-17-10-12-29-13-11-17)18-2-4-20(5-3-18)32(28)21-6-7-21/h2-5,8-9,15,17,21-22,27H,6-7,10-14,16H2,1H3. The highest BCUT2D eigenvalue weighted by molar-refractivity contribution is 7.97. The second kappa shape index (κ2) is 10.2. The lowest BCUT2D eigenvalue weighted by molar-refractivity contribution is 0.0626. The maximum atomic E-state index is 12.6. The Hall–Kier alpha value is -1.41. The molecule has 0 radical (unpaired) electrons. The molecule has 1 aliphatic heterocycles. The molecule has 1 aliphatic carbocycles. The number of rotatable bonds is 9. The van der Waals surface area contributed by atoms with Crippen molar-refractivity contribution in [3.8, 4) is 10.7 Å². The number of nitrogens with zero attached hydrogens (tertiary/aromatic N) is 1. The van der Waals surface area contributed by atoms with Crippen LogP contribution in [-0.4, -0.2) is 38.9 Å². The number of benzene rings is 1. The fourth-order valence-corrected chi connectivity index (χ4v) is 7.44. The topological polar surface area (TPSA) is 55.0 Å². The van der Waals surface area contributed by atoms with Crippen LogP contribution in [-0.2, 0) is 21.3 Å². The Morgan fingerprint density at radius 1 is 1.16 bits per heavy atom. The molecule has 170 valence electrons. The summed E-state index contributed by atoms with van der Waals surface area (Å²) in [5.41, 5.74) is 3.63. The molecular formula is C25H30N2O2S3. The lowest BCUT2D eigenvalue weighted by atomic mass is 9.83. The zero-order valence-corrected chi connectivity index (χ0v) is 20.9. The average Bonchev–Trinajstić information content (AvgIpc) is 3.38. The predicted molar refractivity (Wildman–Crippen MR) is 135 cm³/mol. The largest absolute Gasteiger partial charge is 0.381 e. The number of aromatic nitrogens is 2. The molecule has 0 amide bonds. The number of thiazole rings is 1. The minimum absolute atomic E-state index is 0.292. The highest BCUT2D eigenvalue weighted by Gasteiger charge is 2.29. The van der Waals surface area contributed by atoms with E-state index in [2.05, 4.69) is 52.6 Å². The number of ether oxygens (including phenoxy) is 1. The van der Waals surface area contributed by atoms with Gasteiger partial charge >= 0.3 is 0 Å².